The van der Waals surface area contributed by atoms with E-state index in [2.05, 4.69) is 37.8 Å². The molecule has 1 aliphatic rings. The van der Waals surface area contributed by atoms with Crippen molar-refractivity contribution < 1.29 is 4.74 Å². The molecule has 3 N–H and O–H groups in total. The lowest BCUT2D eigenvalue weighted by Gasteiger charge is -2.10. The van der Waals surface area contributed by atoms with Crippen molar-refractivity contribution in [2.75, 3.05) is 24.3 Å². The highest BCUT2D eigenvalue weighted by atomic mass is 32.1. The number of thiazole rings is 1. The Hall–Kier alpha value is -2.51. The smallest absolute Gasteiger partial charge is 0.222 e. The largest absolute Gasteiger partial charge is 0.381 e. The molecule has 0 aliphatic carbocycles. The van der Waals surface area contributed by atoms with E-state index in [0.29, 0.717) is 19.1 Å². The first-order valence-corrected chi connectivity index (χ1v) is 9.12. The molecule has 128 valence electrons. The first-order valence-electron chi connectivity index (χ1n) is 8.24. The fourth-order valence-corrected chi connectivity index (χ4v) is 3.66. The maximum absolute atomic E-state index is 5.86. The van der Waals surface area contributed by atoms with Gasteiger partial charge in [-0.25, -0.2) is 9.97 Å². The van der Waals surface area contributed by atoms with Crippen molar-refractivity contribution in [1.82, 2.24) is 15.0 Å². The zero-order valence-corrected chi connectivity index (χ0v) is 14.5. The fraction of sp³-hybridized carbons (Fsp3) is 0.278. The molecule has 0 radical (unpaired) electrons. The molecule has 1 saturated heterocycles. The van der Waals surface area contributed by atoms with E-state index in [1.54, 1.807) is 11.3 Å². The van der Waals surface area contributed by atoms with E-state index < -0.39 is 0 Å². The van der Waals surface area contributed by atoms with Crippen molar-refractivity contribution >= 4 is 23.1 Å². The summed E-state index contributed by atoms with van der Waals surface area (Å²) in [5.41, 5.74) is 8.91. The molecular formula is C18H19N5OS. The molecule has 0 spiro atoms. The third-order valence-corrected chi connectivity index (χ3v) is 5.07. The van der Waals surface area contributed by atoms with Crippen LogP contribution < -0.4 is 11.1 Å². The molecule has 1 aromatic carbocycles. The summed E-state index contributed by atoms with van der Waals surface area (Å²) in [5, 5.41) is 6.38. The number of aromatic nitrogens is 3. The summed E-state index contributed by atoms with van der Waals surface area (Å²) in [6.07, 6.45) is 0.975. The fourth-order valence-electron chi connectivity index (χ4n) is 2.84. The van der Waals surface area contributed by atoms with Gasteiger partial charge in [0.15, 0.2) is 0 Å². The van der Waals surface area contributed by atoms with Crippen LogP contribution in [0.25, 0.3) is 10.6 Å². The number of nitrogen functional groups attached to an aromatic ring is 1. The van der Waals surface area contributed by atoms with Crippen molar-refractivity contribution in [2.24, 2.45) is 0 Å². The van der Waals surface area contributed by atoms with Gasteiger partial charge < -0.3 is 15.8 Å². The topological polar surface area (TPSA) is 86.0 Å². The second-order valence-corrected chi connectivity index (χ2v) is 6.82. The SMILES string of the molecule is Nc1nc(NCc2csc(-c3ccccc3)n2)cc([C@@H]2CCOC2)n1. The molecule has 4 rings (SSSR count). The lowest BCUT2D eigenvalue weighted by atomic mass is 10.0. The van der Waals surface area contributed by atoms with Crippen LogP contribution >= 0.6 is 11.3 Å². The highest BCUT2D eigenvalue weighted by molar-refractivity contribution is 7.13. The number of benzene rings is 1. The van der Waals surface area contributed by atoms with E-state index in [1.165, 1.54) is 0 Å². The number of ether oxygens (including phenoxy) is 1. The summed E-state index contributed by atoms with van der Waals surface area (Å²) < 4.78 is 5.44. The molecule has 3 aromatic rings. The molecule has 0 unspecified atom stereocenters. The van der Waals surface area contributed by atoms with Gasteiger partial charge in [0.25, 0.3) is 0 Å². The second kappa shape index (κ2) is 7.16. The van der Waals surface area contributed by atoms with Crippen LogP contribution in [0.4, 0.5) is 11.8 Å². The second-order valence-electron chi connectivity index (χ2n) is 5.96. The summed E-state index contributed by atoms with van der Waals surface area (Å²) in [6.45, 7) is 2.07. The van der Waals surface area contributed by atoms with Crippen LogP contribution in [-0.4, -0.2) is 28.2 Å². The third-order valence-electron chi connectivity index (χ3n) is 4.13. The molecule has 0 amide bonds. The average Bonchev–Trinajstić information content (AvgIpc) is 3.32. The number of rotatable bonds is 5. The van der Waals surface area contributed by atoms with Crippen LogP contribution in [-0.2, 0) is 11.3 Å². The van der Waals surface area contributed by atoms with Gasteiger partial charge in [-0.1, -0.05) is 30.3 Å². The minimum Gasteiger partial charge on any atom is -0.381 e. The average molecular weight is 353 g/mol. The van der Waals surface area contributed by atoms with Crippen LogP contribution in [0.1, 0.15) is 23.7 Å². The summed E-state index contributed by atoms with van der Waals surface area (Å²) >= 11 is 1.64. The number of nitrogens with one attached hydrogen (secondary N) is 1. The monoisotopic (exact) mass is 353 g/mol. The van der Waals surface area contributed by atoms with Gasteiger partial charge in [-0.05, 0) is 6.42 Å². The van der Waals surface area contributed by atoms with Crippen LogP contribution in [0.2, 0.25) is 0 Å². The Kier molecular flexibility index (Phi) is 4.58. The van der Waals surface area contributed by atoms with Gasteiger partial charge >= 0.3 is 0 Å². The summed E-state index contributed by atoms with van der Waals surface area (Å²) in [5.74, 6) is 1.31. The molecule has 1 atom stereocenters. The molecular weight excluding hydrogens is 334 g/mol. The minimum absolute atomic E-state index is 0.287. The standard InChI is InChI=1S/C18H19N5OS/c19-18-22-15(13-6-7-24-10-13)8-16(23-18)20-9-14-11-25-17(21-14)12-4-2-1-3-5-12/h1-5,8,11,13H,6-7,9-10H2,(H3,19,20,22,23)/t13-/m1/s1. The first-order chi connectivity index (χ1) is 12.3. The van der Waals surface area contributed by atoms with E-state index in [0.717, 1.165) is 40.8 Å². The van der Waals surface area contributed by atoms with Crippen molar-refractivity contribution in [2.45, 2.75) is 18.9 Å². The Bertz CT molecular complexity index is 846. The van der Waals surface area contributed by atoms with Gasteiger partial charge in [0, 0.05) is 29.5 Å². The van der Waals surface area contributed by atoms with E-state index in [-0.39, 0.29) is 5.95 Å². The molecule has 6 nitrogen and oxygen atoms in total. The Morgan fingerprint density at radius 2 is 2.08 bits per heavy atom. The van der Waals surface area contributed by atoms with Gasteiger partial charge in [-0.3, -0.25) is 0 Å². The molecule has 0 saturated carbocycles. The van der Waals surface area contributed by atoms with Crippen molar-refractivity contribution in [3.8, 4) is 10.6 Å². The molecule has 3 heterocycles. The number of anilines is 2. The van der Waals surface area contributed by atoms with Crippen LogP contribution in [0.3, 0.4) is 0 Å². The maximum Gasteiger partial charge on any atom is 0.222 e. The van der Waals surface area contributed by atoms with Crippen molar-refractivity contribution in [3.63, 3.8) is 0 Å². The Balaban J connectivity index is 1.45. The van der Waals surface area contributed by atoms with E-state index >= 15 is 0 Å². The zero-order valence-electron chi connectivity index (χ0n) is 13.7. The molecule has 1 fully saturated rings. The third kappa shape index (κ3) is 3.78. The summed E-state index contributed by atoms with van der Waals surface area (Å²) in [6, 6.07) is 12.1. The summed E-state index contributed by atoms with van der Waals surface area (Å²) in [4.78, 5) is 13.3. The highest BCUT2D eigenvalue weighted by Gasteiger charge is 2.20. The first kappa shape index (κ1) is 16.0. The van der Waals surface area contributed by atoms with Gasteiger partial charge in [0.1, 0.15) is 10.8 Å². The lowest BCUT2D eigenvalue weighted by molar-refractivity contribution is 0.193. The normalized spacial score (nSPS) is 16.9. The molecule has 1 aliphatic heterocycles. The Morgan fingerprint density at radius 3 is 2.88 bits per heavy atom. The zero-order chi connectivity index (χ0) is 17.1. The molecule has 0 bridgehead atoms. The molecule has 7 heteroatoms. The molecule has 25 heavy (non-hydrogen) atoms. The number of nitrogens with zero attached hydrogens (tertiary/aromatic N) is 3. The lowest BCUT2D eigenvalue weighted by Crippen LogP contribution is -2.09. The Labute approximate surface area is 150 Å². The van der Waals surface area contributed by atoms with Crippen molar-refractivity contribution in [1.29, 1.82) is 0 Å². The predicted octanol–water partition coefficient (Wildman–Crippen LogP) is 3.30. The molecule has 2 aromatic heterocycles. The maximum atomic E-state index is 5.86. The van der Waals surface area contributed by atoms with Gasteiger partial charge in [-0.2, -0.15) is 4.98 Å². The predicted molar refractivity (Wildman–Crippen MR) is 99.5 cm³/mol. The van der Waals surface area contributed by atoms with Gasteiger partial charge in [-0.15, -0.1) is 11.3 Å². The minimum atomic E-state index is 0.287. The van der Waals surface area contributed by atoms with Gasteiger partial charge in [0.2, 0.25) is 5.95 Å². The number of hydrogen-bond donors (Lipinski definition) is 2. The highest BCUT2D eigenvalue weighted by Crippen LogP contribution is 2.26. The Morgan fingerprint density at radius 1 is 1.20 bits per heavy atom. The quantitative estimate of drug-likeness (QED) is 0.732. The van der Waals surface area contributed by atoms with Crippen molar-refractivity contribution in [3.05, 3.63) is 53.2 Å². The van der Waals surface area contributed by atoms with E-state index in [9.17, 15) is 0 Å². The van der Waals surface area contributed by atoms with Crippen LogP contribution in [0, 0.1) is 0 Å². The van der Waals surface area contributed by atoms with Gasteiger partial charge in [0.05, 0.1) is 24.5 Å². The van der Waals surface area contributed by atoms with E-state index in [4.69, 9.17) is 10.5 Å². The van der Waals surface area contributed by atoms with E-state index in [1.807, 2.05) is 24.3 Å². The number of nitrogens with two attached hydrogens (primary N) is 1. The number of hydrogen-bond acceptors (Lipinski definition) is 7. The summed E-state index contributed by atoms with van der Waals surface area (Å²) in [7, 11) is 0. The van der Waals surface area contributed by atoms with Crippen LogP contribution in [0.5, 0.6) is 0 Å². The van der Waals surface area contributed by atoms with Crippen LogP contribution in [0.15, 0.2) is 41.8 Å².